The van der Waals surface area contributed by atoms with Crippen LogP contribution in [0.2, 0.25) is 0 Å². The van der Waals surface area contributed by atoms with Crippen LogP contribution in [0, 0.1) is 0 Å². The normalized spacial score (nSPS) is 10.4. The molecule has 2 rings (SSSR count). The Morgan fingerprint density at radius 3 is 2.63 bits per heavy atom. The van der Waals surface area contributed by atoms with Crippen LogP contribution in [-0.4, -0.2) is 35.2 Å². The SMILES string of the molecule is COCc1c(C(=O)OC)nnn1Cc1ccccc1. The number of nitrogens with zero attached hydrogens (tertiary/aromatic N) is 3. The van der Waals surface area contributed by atoms with Crippen molar-refractivity contribution < 1.29 is 14.3 Å². The molecule has 0 bridgehead atoms. The molecule has 0 amide bonds. The lowest BCUT2D eigenvalue weighted by atomic mass is 10.2. The van der Waals surface area contributed by atoms with E-state index in [2.05, 4.69) is 15.0 Å². The summed E-state index contributed by atoms with van der Waals surface area (Å²) in [4.78, 5) is 11.6. The van der Waals surface area contributed by atoms with E-state index in [9.17, 15) is 4.79 Å². The molecule has 0 saturated carbocycles. The molecule has 1 aromatic carbocycles. The number of carbonyl (C=O) groups is 1. The summed E-state index contributed by atoms with van der Waals surface area (Å²) in [5.41, 5.74) is 1.87. The van der Waals surface area contributed by atoms with Crippen molar-refractivity contribution in [2.45, 2.75) is 13.2 Å². The zero-order chi connectivity index (χ0) is 13.7. The van der Waals surface area contributed by atoms with E-state index in [1.807, 2.05) is 30.3 Å². The Bertz CT molecular complexity index is 552. The molecule has 6 heteroatoms. The van der Waals surface area contributed by atoms with E-state index in [1.165, 1.54) is 7.11 Å². The van der Waals surface area contributed by atoms with Gasteiger partial charge in [-0.2, -0.15) is 0 Å². The number of carbonyl (C=O) groups excluding carboxylic acids is 1. The molecule has 0 aliphatic heterocycles. The van der Waals surface area contributed by atoms with Gasteiger partial charge in [-0.1, -0.05) is 35.5 Å². The van der Waals surface area contributed by atoms with Gasteiger partial charge >= 0.3 is 5.97 Å². The minimum Gasteiger partial charge on any atom is -0.464 e. The number of ether oxygens (including phenoxy) is 2. The maximum Gasteiger partial charge on any atom is 0.360 e. The van der Waals surface area contributed by atoms with Crippen molar-refractivity contribution in [2.75, 3.05) is 14.2 Å². The fraction of sp³-hybridized carbons (Fsp3) is 0.308. The topological polar surface area (TPSA) is 66.2 Å². The van der Waals surface area contributed by atoms with E-state index < -0.39 is 5.97 Å². The van der Waals surface area contributed by atoms with E-state index >= 15 is 0 Å². The summed E-state index contributed by atoms with van der Waals surface area (Å²) in [5, 5.41) is 7.84. The van der Waals surface area contributed by atoms with Crippen LogP contribution < -0.4 is 0 Å². The summed E-state index contributed by atoms with van der Waals surface area (Å²) < 4.78 is 11.4. The van der Waals surface area contributed by atoms with Crippen LogP contribution in [0.15, 0.2) is 30.3 Å². The highest BCUT2D eigenvalue weighted by Gasteiger charge is 2.20. The van der Waals surface area contributed by atoms with Gasteiger partial charge in [0.2, 0.25) is 0 Å². The third-order valence-electron chi connectivity index (χ3n) is 2.67. The van der Waals surface area contributed by atoms with Crippen molar-refractivity contribution in [2.24, 2.45) is 0 Å². The van der Waals surface area contributed by atoms with E-state index in [-0.39, 0.29) is 12.3 Å². The molecule has 0 fully saturated rings. The number of hydrogen-bond donors (Lipinski definition) is 0. The Kier molecular flexibility index (Phi) is 4.25. The summed E-state index contributed by atoms with van der Waals surface area (Å²) in [6, 6.07) is 9.81. The van der Waals surface area contributed by atoms with Gasteiger partial charge in [0.05, 0.1) is 26.0 Å². The van der Waals surface area contributed by atoms with Gasteiger partial charge in [-0.3, -0.25) is 0 Å². The second-order valence-corrected chi connectivity index (χ2v) is 3.95. The van der Waals surface area contributed by atoms with Crippen molar-refractivity contribution in [3.63, 3.8) is 0 Å². The second kappa shape index (κ2) is 6.10. The molecule has 0 atom stereocenters. The standard InChI is InChI=1S/C13H15N3O3/c1-18-9-11-12(13(17)19-2)14-15-16(11)8-10-6-4-3-5-7-10/h3-7H,8-9H2,1-2H3. The second-order valence-electron chi connectivity index (χ2n) is 3.95. The Morgan fingerprint density at radius 2 is 2.00 bits per heavy atom. The highest BCUT2D eigenvalue weighted by atomic mass is 16.5. The fourth-order valence-corrected chi connectivity index (χ4v) is 1.75. The number of aromatic nitrogens is 3. The van der Waals surface area contributed by atoms with Crippen LogP contribution in [0.5, 0.6) is 0 Å². The molecule has 0 saturated heterocycles. The number of hydrogen-bond acceptors (Lipinski definition) is 5. The Labute approximate surface area is 110 Å². The third kappa shape index (κ3) is 2.97. The molecule has 0 aliphatic carbocycles. The van der Waals surface area contributed by atoms with Crippen LogP contribution >= 0.6 is 0 Å². The molecule has 0 radical (unpaired) electrons. The molecule has 1 heterocycles. The van der Waals surface area contributed by atoms with Gasteiger partial charge in [-0.05, 0) is 5.56 Å². The van der Waals surface area contributed by atoms with Crippen LogP contribution in [0.4, 0.5) is 0 Å². The number of esters is 1. The molecule has 2 aromatic rings. The van der Waals surface area contributed by atoms with Gasteiger partial charge in [0.1, 0.15) is 0 Å². The smallest absolute Gasteiger partial charge is 0.360 e. The van der Waals surface area contributed by atoms with Gasteiger partial charge in [0.15, 0.2) is 5.69 Å². The van der Waals surface area contributed by atoms with E-state index in [0.29, 0.717) is 12.2 Å². The average Bonchev–Trinajstić information content (AvgIpc) is 2.83. The maximum atomic E-state index is 11.6. The predicted molar refractivity (Wildman–Crippen MR) is 67.6 cm³/mol. The largest absolute Gasteiger partial charge is 0.464 e. The summed E-state index contributed by atoms with van der Waals surface area (Å²) in [6.07, 6.45) is 0. The number of methoxy groups -OCH3 is 2. The van der Waals surface area contributed by atoms with Crippen LogP contribution in [-0.2, 0) is 22.6 Å². The van der Waals surface area contributed by atoms with Crippen molar-refractivity contribution in [3.8, 4) is 0 Å². The number of rotatable bonds is 5. The molecule has 0 aliphatic rings. The van der Waals surface area contributed by atoms with Crippen molar-refractivity contribution >= 4 is 5.97 Å². The first kappa shape index (κ1) is 13.2. The van der Waals surface area contributed by atoms with Crippen molar-refractivity contribution in [3.05, 3.63) is 47.3 Å². The van der Waals surface area contributed by atoms with Gasteiger partial charge in [-0.15, -0.1) is 5.10 Å². The molecule has 0 spiro atoms. The average molecular weight is 261 g/mol. The Hall–Kier alpha value is -2.21. The minimum absolute atomic E-state index is 0.195. The quantitative estimate of drug-likeness (QED) is 0.758. The Morgan fingerprint density at radius 1 is 1.26 bits per heavy atom. The van der Waals surface area contributed by atoms with Crippen LogP contribution in [0.25, 0.3) is 0 Å². The fourth-order valence-electron chi connectivity index (χ4n) is 1.75. The monoisotopic (exact) mass is 261 g/mol. The van der Waals surface area contributed by atoms with Gasteiger partial charge in [0.25, 0.3) is 0 Å². The van der Waals surface area contributed by atoms with E-state index in [4.69, 9.17) is 4.74 Å². The van der Waals surface area contributed by atoms with Crippen molar-refractivity contribution in [1.29, 1.82) is 0 Å². The summed E-state index contributed by atoms with van der Waals surface area (Å²) in [7, 11) is 2.87. The lowest BCUT2D eigenvalue weighted by Crippen LogP contribution is -2.11. The molecule has 6 nitrogen and oxygen atoms in total. The molecule has 0 N–H and O–H groups in total. The number of benzene rings is 1. The van der Waals surface area contributed by atoms with Crippen LogP contribution in [0.3, 0.4) is 0 Å². The Balaban J connectivity index is 2.30. The molecular formula is C13H15N3O3. The predicted octanol–water partition coefficient (Wildman–Crippen LogP) is 1.26. The van der Waals surface area contributed by atoms with Crippen LogP contribution in [0.1, 0.15) is 21.7 Å². The van der Waals surface area contributed by atoms with E-state index in [1.54, 1.807) is 11.8 Å². The van der Waals surface area contributed by atoms with Gasteiger partial charge < -0.3 is 9.47 Å². The first-order chi connectivity index (χ1) is 9.26. The molecule has 1 aromatic heterocycles. The summed E-state index contributed by atoms with van der Waals surface area (Å²) in [5.74, 6) is -0.508. The lowest BCUT2D eigenvalue weighted by molar-refractivity contribution is 0.0588. The lowest BCUT2D eigenvalue weighted by Gasteiger charge is -2.06. The molecule has 19 heavy (non-hydrogen) atoms. The van der Waals surface area contributed by atoms with Crippen molar-refractivity contribution in [1.82, 2.24) is 15.0 Å². The van der Waals surface area contributed by atoms with Gasteiger partial charge in [-0.25, -0.2) is 9.48 Å². The highest BCUT2D eigenvalue weighted by Crippen LogP contribution is 2.11. The molecule has 100 valence electrons. The molecular weight excluding hydrogens is 246 g/mol. The minimum atomic E-state index is -0.508. The third-order valence-corrected chi connectivity index (χ3v) is 2.67. The van der Waals surface area contributed by atoms with Gasteiger partial charge in [0, 0.05) is 7.11 Å². The maximum absolute atomic E-state index is 11.6. The first-order valence-electron chi connectivity index (χ1n) is 5.79. The first-order valence-corrected chi connectivity index (χ1v) is 5.79. The molecule has 0 unspecified atom stereocenters. The summed E-state index contributed by atoms with van der Waals surface area (Å²) >= 11 is 0. The van der Waals surface area contributed by atoms with E-state index in [0.717, 1.165) is 5.56 Å². The summed E-state index contributed by atoms with van der Waals surface area (Å²) in [6.45, 7) is 0.786. The highest BCUT2D eigenvalue weighted by molar-refractivity contribution is 5.88. The zero-order valence-corrected chi connectivity index (χ0v) is 10.9. The zero-order valence-electron chi connectivity index (χ0n) is 10.9.